The minimum absolute atomic E-state index is 0.0712. The molecule has 3 N–H and O–H groups in total. The molecule has 1 aliphatic carbocycles. The van der Waals surface area contributed by atoms with Crippen LogP contribution < -0.4 is 10.5 Å². The summed E-state index contributed by atoms with van der Waals surface area (Å²) in [4.78, 5) is 0. The number of ether oxygens (including phenoxy) is 1. The van der Waals surface area contributed by atoms with Crippen LogP contribution in [-0.2, 0) is 12.8 Å². The molecular formula is C23H32FNO2. The van der Waals surface area contributed by atoms with Crippen LogP contribution in [0.4, 0.5) is 4.39 Å². The van der Waals surface area contributed by atoms with Crippen LogP contribution in [0.1, 0.15) is 48.9 Å². The van der Waals surface area contributed by atoms with Gasteiger partial charge in [-0.1, -0.05) is 6.07 Å². The zero-order chi connectivity index (χ0) is 20.2. The van der Waals surface area contributed by atoms with Gasteiger partial charge in [0.2, 0.25) is 0 Å². The molecule has 0 fully saturated rings. The molecule has 148 valence electrons. The van der Waals surface area contributed by atoms with Gasteiger partial charge in [0.15, 0.2) is 0 Å². The second-order valence-corrected chi connectivity index (χ2v) is 7.75. The van der Waals surface area contributed by atoms with Crippen LogP contribution in [0.15, 0.2) is 24.3 Å². The molecule has 27 heavy (non-hydrogen) atoms. The molecule has 0 aliphatic heterocycles. The van der Waals surface area contributed by atoms with E-state index >= 15 is 0 Å². The van der Waals surface area contributed by atoms with Gasteiger partial charge in [-0.15, -0.1) is 0 Å². The van der Waals surface area contributed by atoms with Gasteiger partial charge < -0.3 is 15.6 Å². The minimum Gasteiger partial charge on any atom is -0.493 e. The maximum atomic E-state index is 14.0. The van der Waals surface area contributed by atoms with Crippen molar-refractivity contribution in [2.45, 2.75) is 59.0 Å². The monoisotopic (exact) mass is 373 g/mol. The van der Waals surface area contributed by atoms with E-state index in [0.29, 0.717) is 13.0 Å². The standard InChI is InChI=1S/C22H27FO2.CH5N/c1-14-12-16(25-11-10-22(3,4)24)13-15(2)21(14)19-8-9-20(23)18-7-5-6-17(18)19;1-2/h8-9,12-13,24H,5-7,10-11H2,1-4H3;2H2,1H3. The van der Waals surface area contributed by atoms with Crippen LogP contribution in [0.2, 0.25) is 0 Å². The summed E-state index contributed by atoms with van der Waals surface area (Å²) in [5, 5.41) is 9.80. The average Bonchev–Trinajstić information content (AvgIpc) is 3.08. The number of rotatable bonds is 5. The van der Waals surface area contributed by atoms with E-state index in [2.05, 4.69) is 19.6 Å². The Morgan fingerprint density at radius 3 is 2.26 bits per heavy atom. The number of nitrogens with two attached hydrogens (primary N) is 1. The first kappa shape index (κ1) is 21.4. The Morgan fingerprint density at radius 1 is 1.07 bits per heavy atom. The molecule has 0 heterocycles. The molecule has 3 rings (SSSR count). The van der Waals surface area contributed by atoms with Crippen molar-refractivity contribution in [3.63, 3.8) is 0 Å². The van der Waals surface area contributed by atoms with Gasteiger partial charge >= 0.3 is 0 Å². The van der Waals surface area contributed by atoms with Crippen molar-refractivity contribution in [2.24, 2.45) is 5.73 Å². The topological polar surface area (TPSA) is 55.5 Å². The Hall–Kier alpha value is -1.91. The second-order valence-electron chi connectivity index (χ2n) is 7.75. The molecule has 2 aromatic rings. The predicted octanol–water partition coefficient (Wildman–Crippen LogP) is 4.71. The summed E-state index contributed by atoms with van der Waals surface area (Å²) in [6.07, 6.45) is 3.40. The fraction of sp³-hybridized carbons (Fsp3) is 0.478. The van der Waals surface area contributed by atoms with E-state index in [9.17, 15) is 9.50 Å². The lowest BCUT2D eigenvalue weighted by molar-refractivity contribution is 0.0553. The van der Waals surface area contributed by atoms with Gasteiger partial charge in [-0.05, 0) is 106 Å². The predicted molar refractivity (Wildman–Crippen MR) is 110 cm³/mol. The maximum absolute atomic E-state index is 14.0. The highest BCUT2D eigenvalue weighted by atomic mass is 19.1. The zero-order valence-corrected chi connectivity index (χ0v) is 17.2. The highest BCUT2D eigenvalue weighted by Crippen LogP contribution is 2.38. The second kappa shape index (κ2) is 8.85. The smallest absolute Gasteiger partial charge is 0.126 e. The van der Waals surface area contributed by atoms with E-state index in [1.165, 1.54) is 18.2 Å². The molecule has 1 aliphatic rings. The lowest BCUT2D eigenvalue weighted by atomic mass is 9.90. The van der Waals surface area contributed by atoms with Gasteiger partial charge in [-0.2, -0.15) is 0 Å². The SMILES string of the molecule is CN.Cc1cc(OCCC(C)(C)O)cc(C)c1-c1ccc(F)c2c1CCC2. The molecule has 4 heteroatoms. The van der Waals surface area contributed by atoms with Crippen molar-refractivity contribution >= 4 is 0 Å². The fourth-order valence-corrected chi connectivity index (χ4v) is 3.75. The average molecular weight is 374 g/mol. The molecule has 0 radical (unpaired) electrons. The van der Waals surface area contributed by atoms with Gasteiger partial charge in [0.1, 0.15) is 11.6 Å². The molecule has 3 nitrogen and oxygen atoms in total. The minimum atomic E-state index is -0.724. The molecule has 0 unspecified atom stereocenters. The Kier molecular flexibility index (Phi) is 7.01. The molecule has 0 amide bonds. The third-order valence-electron chi connectivity index (χ3n) is 4.99. The third kappa shape index (κ3) is 5.08. The van der Waals surface area contributed by atoms with Crippen LogP contribution in [0.3, 0.4) is 0 Å². The van der Waals surface area contributed by atoms with Crippen LogP contribution >= 0.6 is 0 Å². The number of halogens is 1. The number of hydrogen-bond donors (Lipinski definition) is 2. The summed E-state index contributed by atoms with van der Waals surface area (Å²) >= 11 is 0. The summed E-state index contributed by atoms with van der Waals surface area (Å²) in [6, 6.07) is 7.60. The van der Waals surface area contributed by atoms with Crippen molar-refractivity contribution in [1.82, 2.24) is 0 Å². The number of fused-ring (bicyclic) bond motifs is 1. The Balaban J connectivity index is 0.00000126. The molecule has 0 saturated heterocycles. The summed E-state index contributed by atoms with van der Waals surface area (Å²) in [5.74, 6) is 0.750. The van der Waals surface area contributed by atoms with Crippen molar-refractivity contribution in [3.8, 4) is 16.9 Å². The van der Waals surface area contributed by atoms with Gasteiger partial charge in [0.25, 0.3) is 0 Å². The lowest BCUT2D eigenvalue weighted by Gasteiger charge is -2.19. The normalized spacial score (nSPS) is 13.0. The van der Waals surface area contributed by atoms with Crippen molar-refractivity contribution < 1.29 is 14.2 Å². The molecule has 0 saturated carbocycles. The molecule has 0 bridgehead atoms. The lowest BCUT2D eigenvalue weighted by Crippen LogP contribution is -2.21. The Bertz CT molecular complexity index is 771. The van der Waals surface area contributed by atoms with Gasteiger partial charge in [0.05, 0.1) is 12.2 Å². The van der Waals surface area contributed by atoms with E-state index < -0.39 is 5.60 Å². The maximum Gasteiger partial charge on any atom is 0.126 e. The zero-order valence-electron chi connectivity index (χ0n) is 17.2. The highest BCUT2D eigenvalue weighted by molar-refractivity contribution is 5.76. The van der Waals surface area contributed by atoms with Crippen molar-refractivity contribution in [3.05, 3.63) is 52.3 Å². The van der Waals surface area contributed by atoms with Gasteiger partial charge in [0, 0.05) is 6.42 Å². The largest absolute Gasteiger partial charge is 0.493 e. The fourth-order valence-electron chi connectivity index (χ4n) is 3.75. The van der Waals surface area contributed by atoms with Crippen LogP contribution in [-0.4, -0.2) is 24.4 Å². The first-order valence-corrected chi connectivity index (χ1v) is 9.61. The highest BCUT2D eigenvalue weighted by Gasteiger charge is 2.21. The van der Waals surface area contributed by atoms with Crippen molar-refractivity contribution in [2.75, 3.05) is 13.7 Å². The molecule has 0 atom stereocenters. The molecular weight excluding hydrogens is 341 g/mol. The summed E-state index contributed by atoms with van der Waals surface area (Å²) < 4.78 is 19.9. The van der Waals surface area contributed by atoms with Crippen molar-refractivity contribution in [1.29, 1.82) is 0 Å². The van der Waals surface area contributed by atoms with E-state index in [1.54, 1.807) is 19.9 Å². The van der Waals surface area contributed by atoms with Crippen LogP contribution in [0, 0.1) is 19.7 Å². The first-order chi connectivity index (χ1) is 12.8. The van der Waals surface area contributed by atoms with Crippen LogP contribution in [0.5, 0.6) is 5.75 Å². The Labute approximate surface area is 162 Å². The quantitative estimate of drug-likeness (QED) is 0.798. The summed E-state index contributed by atoms with van der Waals surface area (Å²) in [6.45, 7) is 8.20. The van der Waals surface area contributed by atoms with E-state index in [-0.39, 0.29) is 5.82 Å². The van der Waals surface area contributed by atoms with Gasteiger partial charge in [-0.25, -0.2) is 4.39 Å². The summed E-state index contributed by atoms with van der Waals surface area (Å²) in [7, 11) is 1.50. The van der Waals surface area contributed by atoms with E-state index in [0.717, 1.165) is 47.3 Å². The summed E-state index contributed by atoms with van der Waals surface area (Å²) in [5.41, 5.74) is 10.5. The van der Waals surface area contributed by atoms with Crippen LogP contribution in [0.25, 0.3) is 11.1 Å². The van der Waals surface area contributed by atoms with Gasteiger partial charge in [-0.3, -0.25) is 0 Å². The number of aryl methyl sites for hydroxylation is 2. The third-order valence-corrected chi connectivity index (χ3v) is 4.99. The number of hydrogen-bond acceptors (Lipinski definition) is 3. The molecule has 0 spiro atoms. The first-order valence-electron chi connectivity index (χ1n) is 9.61. The van der Waals surface area contributed by atoms with E-state index in [1.807, 2.05) is 18.2 Å². The number of benzene rings is 2. The number of aliphatic hydroxyl groups is 1. The Morgan fingerprint density at radius 2 is 1.67 bits per heavy atom. The molecule has 0 aromatic heterocycles. The molecule has 2 aromatic carbocycles. The van der Waals surface area contributed by atoms with E-state index in [4.69, 9.17) is 4.74 Å².